The van der Waals surface area contributed by atoms with Crippen LogP contribution in [-0.2, 0) is 9.59 Å². The maximum atomic E-state index is 12.5. The Bertz CT molecular complexity index is 820. The molecule has 51 heavy (non-hydrogen) atoms. The van der Waals surface area contributed by atoms with Crippen molar-refractivity contribution in [1.29, 1.82) is 5.26 Å². The Morgan fingerprint density at radius 2 is 0.824 bits per heavy atom. The lowest BCUT2D eigenvalue weighted by Gasteiger charge is -2.37. The van der Waals surface area contributed by atoms with E-state index < -0.39 is 0 Å². The van der Waals surface area contributed by atoms with Crippen molar-refractivity contribution in [3.63, 3.8) is 0 Å². The number of carbonyl (C=O) groups is 2. The molecule has 6 heteroatoms. The molecular formula is C45H85N4O2+. The third kappa shape index (κ3) is 34.7. The average molecular weight is 714 g/mol. The summed E-state index contributed by atoms with van der Waals surface area (Å²) in [5, 5.41) is 15.5. The summed E-state index contributed by atoms with van der Waals surface area (Å²) in [6.45, 7) is 11.1. The second-order valence-corrected chi connectivity index (χ2v) is 15.1. The minimum absolute atomic E-state index is 0.135. The van der Waals surface area contributed by atoms with Gasteiger partial charge in [-0.25, -0.2) is 0 Å². The Morgan fingerprint density at radius 3 is 1.16 bits per heavy atom. The standard InChI is InChI=1S/C45H84N4O2/c1-4-7-9-11-13-15-17-19-21-23-25-27-29-31-33-36-44(50)47-39-42-49(6-3,41-35-38-46)43-40-48-45(51)37-34-32-30-28-26-24-22-20-18-16-14-12-10-8-5-2/h19-22H,4-18,23-37,39-43H2,1-3H3,(H-,47,48,50,51)/p+1/b21-19+,22-20+. The highest BCUT2D eigenvalue weighted by atomic mass is 16.2. The van der Waals surface area contributed by atoms with Crippen LogP contribution < -0.4 is 10.6 Å². The number of carbonyl (C=O) groups excluding carboxylic acids is 2. The summed E-state index contributed by atoms with van der Waals surface area (Å²) < 4.78 is 0.745. The van der Waals surface area contributed by atoms with Gasteiger partial charge in [0.25, 0.3) is 0 Å². The Labute approximate surface area is 317 Å². The fourth-order valence-corrected chi connectivity index (χ4v) is 6.85. The van der Waals surface area contributed by atoms with E-state index in [0.29, 0.717) is 32.4 Å². The highest BCUT2D eigenvalue weighted by Crippen LogP contribution is 2.12. The number of rotatable bonds is 39. The van der Waals surface area contributed by atoms with E-state index in [4.69, 9.17) is 0 Å². The van der Waals surface area contributed by atoms with Crippen LogP contribution in [0.15, 0.2) is 24.3 Å². The van der Waals surface area contributed by atoms with E-state index in [1.165, 1.54) is 141 Å². The van der Waals surface area contributed by atoms with Crippen LogP contribution in [0.25, 0.3) is 0 Å². The summed E-state index contributed by atoms with van der Waals surface area (Å²) in [7, 11) is 0. The third-order valence-electron chi connectivity index (χ3n) is 10.5. The quantitative estimate of drug-likeness (QED) is 0.0378. The van der Waals surface area contributed by atoms with Gasteiger partial charge < -0.3 is 15.1 Å². The highest BCUT2D eigenvalue weighted by molar-refractivity contribution is 5.76. The summed E-state index contributed by atoms with van der Waals surface area (Å²) in [5.74, 6) is 0.269. The van der Waals surface area contributed by atoms with Crippen molar-refractivity contribution in [2.45, 2.75) is 207 Å². The minimum atomic E-state index is 0.135. The summed E-state index contributed by atoms with van der Waals surface area (Å²) in [6.07, 6.45) is 43.8. The summed E-state index contributed by atoms with van der Waals surface area (Å²) in [6, 6.07) is 2.30. The van der Waals surface area contributed by atoms with Crippen molar-refractivity contribution in [1.82, 2.24) is 10.6 Å². The third-order valence-corrected chi connectivity index (χ3v) is 10.5. The van der Waals surface area contributed by atoms with Crippen LogP contribution in [0.4, 0.5) is 0 Å². The Hall–Kier alpha value is -2.13. The molecule has 0 atom stereocenters. The molecule has 0 aliphatic rings. The molecule has 0 saturated carbocycles. The van der Waals surface area contributed by atoms with Crippen molar-refractivity contribution < 1.29 is 14.1 Å². The van der Waals surface area contributed by atoms with Crippen molar-refractivity contribution in [2.24, 2.45) is 0 Å². The van der Waals surface area contributed by atoms with Crippen LogP contribution in [0.2, 0.25) is 0 Å². The van der Waals surface area contributed by atoms with E-state index in [2.05, 4.69) is 61.8 Å². The monoisotopic (exact) mass is 714 g/mol. The van der Waals surface area contributed by atoms with Crippen molar-refractivity contribution in [3.8, 4) is 6.07 Å². The van der Waals surface area contributed by atoms with Crippen molar-refractivity contribution >= 4 is 11.8 Å². The molecule has 0 radical (unpaired) electrons. The molecule has 0 spiro atoms. The fourth-order valence-electron chi connectivity index (χ4n) is 6.85. The van der Waals surface area contributed by atoms with Crippen LogP contribution in [0.1, 0.15) is 207 Å². The van der Waals surface area contributed by atoms with E-state index in [-0.39, 0.29) is 11.8 Å². The molecule has 0 aromatic carbocycles. The topological polar surface area (TPSA) is 82.0 Å². The van der Waals surface area contributed by atoms with Gasteiger partial charge in [-0.15, -0.1) is 0 Å². The summed E-state index contributed by atoms with van der Waals surface area (Å²) in [4.78, 5) is 25.0. The zero-order valence-corrected chi connectivity index (χ0v) is 34.3. The maximum absolute atomic E-state index is 12.5. The number of likely N-dealkylation sites (N-methyl/N-ethyl adjacent to an activating group) is 1. The van der Waals surface area contributed by atoms with Gasteiger partial charge in [-0.1, -0.05) is 141 Å². The molecule has 0 aliphatic heterocycles. The highest BCUT2D eigenvalue weighted by Gasteiger charge is 2.25. The summed E-state index contributed by atoms with van der Waals surface area (Å²) in [5.41, 5.74) is 0. The molecule has 0 unspecified atom stereocenters. The largest absolute Gasteiger partial charge is 0.350 e. The van der Waals surface area contributed by atoms with Gasteiger partial charge in [-0.05, 0) is 71.1 Å². The number of amides is 2. The Kier molecular flexibility index (Phi) is 37.5. The first-order chi connectivity index (χ1) is 25.0. The minimum Gasteiger partial charge on any atom is -0.350 e. The van der Waals surface area contributed by atoms with E-state index in [1.807, 2.05) is 0 Å². The predicted molar refractivity (Wildman–Crippen MR) is 221 cm³/mol. The first-order valence-electron chi connectivity index (χ1n) is 22.1. The van der Waals surface area contributed by atoms with Gasteiger partial charge in [0.05, 0.1) is 51.8 Å². The molecule has 0 fully saturated rings. The maximum Gasteiger partial charge on any atom is 0.220 e. The molecule has 296 valence electrons. The van der Waals surface area contributed by atoms with E-state index in [0.717, 1.165) is 56.3 Å². The zero-order chi connectivity index (χ0) is 37.4. The van der Waals surface area contributed by atoms with Crippen LogP contribution in [0, 0.1) is 11.3 Å². The lowest BCUT2D eigenvalue weighted by molar-refractivity contribution is -0.923. The average Bonchev–Trinajstić information content (AvgIpc) is 3.13. The number of nitrogens with one attached hydrogen (secondary N) is 2. The van der Waals surface area contributed by atoms with Gasteiger partial charge in [0, 0.05) is 12.8 Å². The van der Waals surface area contributed by atoms with E-state index >= 15 is 0 Å². The van der Waals surface area contributed by atoms with Gasteiger partial charge in [0.1, 0.15) is 0 Å². The van der Waals surface area contributed by atoms with Gasteiger partial charge >= 0.3 is 0 Å². The molecule has 0 aromatic heterocycles. The molecule has 6 nitrogen and oxygen atoms in total. The van der Waals surface area contributed by atoms with E-state index in [1.54, 1.807) is 0 Å². The molecule has 0 heterocycles. The molecule has 0 aromatic rings. The lowest BCUT2D eigenvalue weighted by atomic mass is 10.1. The number of hydrogen-bond acceptors (Lipinski definition) is 3. The van der Waals surface area contributed by atoms with Crippen molar-refractivity contribution in [2.75, 3.05) is 39.3 Å². The summed E-state index contributed by atoms with van der Waals surface area (Å²) >= 11 is 0. The zero-order valence-electron chi connectivity index (χ0n) is 34.3. The molecule has 0 rings (SSSR count). The first kappa shape index (κ1) is 48.9. The van der Waals surface area contributed by atoms with Crippen molar-refractivity contribution in [3.05, 3.63) is 24.3 Å². The SMILES string of the molecule is CCCCCCCC/C=C/CCCCCCCC(=O)NCC[N+](CC)(CCC#N)CCNC(=O)CCCCCCC/C=C/CCCCCCCC. The van der Waals surface area contributed by atoms with Gasteiger partial charge in [-0.2, -0.15) is 5.26 Å². The second-order valence-electron chi connectivity index (χ2n) is 15.1. The van der Waals surface area contributed by atoms with Crippen LogP contribution >= 0.6 is 0 Å². The first-order valence-corrected chi connectivity index (χ1v) is 22.1. The molecule has 0 bridgehead atoms. The Balaban J connectivity index is 3.96. The van der Waals surface area contributed by atoms with Crippen LogP contribution in [0.5, 0.6) is 0 Å². The molecular weight excluding hydrogens is 629 g/mol. The molecule has 2 N–H and O–H groups in total. The number of hydrogen-bond donors (Lipinski definition) is 2. The van der Waals surface area contributed by atoms with Gasteiger partial charge in [0.15, 0.2) is 0 Å². The van der Waals surface area contributed by atoms with Crippen LogP contribution in [0.3, 0.4) is 0 Å². The number of unbranched alkanes of at least 4 members (excludes halogenated alkanes) is 22. The predicted octanol–water partition coefficient (Wildman–Crippen LogP) is 12.0. The second kappa shape index (κ2) is 39.1. The van der Waals surface area contributed by atoms with Gasteiger partial charge in [-0.3, -0.25) is 9.59 Å². The Morgan fingerprint density at radius 1 is 0.490 bits per heavy atom. The molecule has 0 saturated heterocycles. The lowest BCUT2D eigenvalue weighted by Crippen LogP contribution is -2.55. The molecule has 0 aliphatic carbocycles. The number of allylic oxidation sites excluding steroid dienone is 4. The van der Waals surface area contributed by atoms with E-state index in [9.17, 15) is 14.9 Å². The van der Waals surface area contributed by atoms with Gasteiger partial charge in [0.2, 0.25) is 11.8 Å². The smallest absolute Gasteiger partial charge is 0.220 e. The number of nitrogens with zero attached hydrogens (tertiary/aromatic N) is 2. The number of quaternary nitrogens is 1. The number of nitriles is 1. The molecule has 2 amide bonds. The fraction of sp³-hybridized carbons (Fsp3) is 0.844. The van der Waals surface area contributed by atoms with Crippen LogP contribution in [-0.4, -0.2) is 55.6 Å². The normalized spacial score (nSPS) is 11.8.